The fourth-order valence-electron chi connectivity index (χ4n) is 5.81. The zero-order valence-electron chi connectivity index (χ0n) is 29.3. The third-order valence-electron chi connectivity index (χ3n) is 8.22. The Labute approximate surface area is 306 Å². The van der Waals surface area contributed by atoms with E-state index in [4.69, 9.17) is 17.0 Å². The monoisotopic (exact) mass is 754 g/mol. The van der Waals surface area contributed by atoms with Gasteiger partial charge in [0.05, 0.1) is 0 Å². The van der Waals surface area contributed by atoms with Gasteiger partial charge in [0.1, 0.15) is 0 Å². The van der Waals surface area contributed by atoms with E-state index in [-0.39, 0.29) is 5.41 Å². The summed E-state index contributed by atoms with van der Waals surface area (Å²) < 4.78 is 0. The number of fused-ring (bicyclic) bond motifs is 2. The summed E-state index contributed by atoms with van der Waals surface area (Å²) in [4.78, 5) is 0. The van der Waals surface area contributed by atoms with Gasteiger partial charge in [-0.05, 0) is 40.5 Å². The van der Waals surface area contributed by atoms with Crippen molar-refractivity contribution >= 4 is 48.1 Å². The third-order valence-corrected chi connectivity index (χ3v) is 8.22. The Kier molecular flexibility index (Phi) is 17.0. The fourth-order valence-corrected chi connectivity index (χ4v) is 5.81. The van der Waals surface area contributed by atoms with Gasteiger partial charge in [-0.3, -0.25) is 0 Å². The molecule has 0 saturated heterocycles. The normalized spacial score (nSPS) is 10.7. The molecule has 0 unspecified atom stereocenters. The van der Waals surface area contributed by atoms with Crippen molar-refractivity contribution in [1.82, 2.24) is 0 Å². The van der Waals surface area contributed by atoms with E-state index in [9.17, 15) is 0 Å². The van der Waals surface area contributed by atoms with Gasteiger partial charge in [-0.25, -0.2) is 0 Å². The van der Waals surface area contributed by atoms with Gasteiger partial charge in [-0.1, -0.05) is 139 Å². The van der Waals surface area contributed by atoms with Crippen molar-refractivity contribution in [2.45, 2.75) is 85.2 Å². The summed E-state index contributed by atoms with van der Waals surface area (Å²) in [5, 5.41) is 5.37. The van der Waals surface area contributed by atoms with Crippen molar-refractivity contribution < 1.29 is 20.8 Å². The Morgan fingerprint density at radius 2 is 1.26 bits per heavy atom. The second-order valence-corrected chi connectivity index (χ2v) is 17.8. The number of benzene rings is 4. The second kappa shape index (κ2) is 20.3. The number of hydrogen-bond donors (Lipinski definition) is 0. The maximum atomic E-state index is 4.93. The summed E-state index contributed by atoms with van der Waals surface area (Å²) in [5.74, 6) is 0. The van der Waals surface area contributed by atoms with Gasteiger partial charge in [0.25, 0.3) is 0 Å². The summed E-state index contributed by atoms with van der Waals surface area (Å²) in [6, 6.07) is 42.3. The Hall–Kier alpha value is -2.22. The molecule has 2 radical (unpaired) electrons. The molecule has 0 bridgehead atoms. The van der Waals surface area contributed by atoms with Crippen LogP contribution < -0.4 is 0 Å². The van der Waals surface area contributed by atoms with Crippen LogP contribution in [0.25, 0.3) is 43.8 Å². The van der Waals surface area contributed by atoms with E-state index >= 15 is 0 Å². The summed E-state index contributed by atoms with van der Waals surface area (Å²) in [6.45, 7) is 15.5. The topological polar surface area (TPSA) is 0 Å². The van der Waals surface area contributed by atoms with Gasteiger partial charge < -0.3 is 0 Å². The number of aryl methyl sites for hydroxylation is 2. The van der Waals surface area contributed by atoms with Crippen LogP contribution >= 0.6 is 17.0 Å². The molecular weight excluding hydrogens is 707 g/mol. The van der Waals surface area contributed by atoms with Gasteiger partial charge >= 0.3 is 37.9 Å². The Morgan fingerprint density at radius 3 is 1.83 bits per heavy atom. The molecule has 0 atom stereocenters. The van der Waals surface area contributed by atoms with Gasteiger partial charge in [-0.15, -0.1) is 63.5 Å². The zero-order valence-corrected chi connectivity index (χ0v) is 34.2. The fraction of sp³-hybridized carbons (Fsp3) is 0.302. The van der Waals surface area contributed by atoms with E-state index in [1.54, 1.807) is 0 Å². The number of rotatable bonds is 7. The molecule has 0 aromatic heterocycles. The first-order valence-corrected chi connectivity index (χ1v) is 25.0. The molecule has 0 nitrogen and oxygen atoms in total. The molecule has 0 aliphatic carbocycles. The van der Waals surface area contributed by atoms with Crippen LogP contribution in [0.15, 0.2) is 115 Å². The van der Waals surface area contributed by atoms with Crippen LogP contribution in [0, 0.1) is 6.92 Å². The quantitative estimate of drug-likeness (QED) is 0.0864. The Morgan fingerprint density at radius 1 is 0.702 bits per heavy atom. The molecule has 0 saturated carbocycles. The van der Waals surface area contributed by atoms with Crippen LogP contribution in [0.1, 0.15) is 70.1 Å². The van der Waals surface area contributed by atoms with Gasteiger partial charge in [0, 0.05) is 9.52 Å². The van der Waals surface area contributed by atoms with Crippen LogP contribution in [0.2, 0.25) is 13.1 Å². The van der Waals surface area contributed by atoms with Crippen molar-refractivity contribution in [3.8, 4) is 22.3 Å². The van der Waals surface area contributed by atoms with E-state index in [0.29, 0.717) is 0 Å². The van der Waals surface area contributed by atoms with Crippen molar-refractivity contribution in [2.24, 2.45) is 0 Å². The van der Waals surface area contributed by atoms with E-state index in [0.717, 1.165) is 9.52 Å². The molecule has 0 aliphatic rings. The van der Waals surface area contributed by atoms with Crippen LogP contribution in [0.5, 0.6) is 0 Å². The zero-order chi connectivity index (χ0) is 34.2. The third kappa shape index (κ3) is 12.0. The molecule has 0 amide bonds. The van der Waals surface area contributed by atoms with Gasteiger partial charge in [0.2, 0.25) is 0 Å². The predicted octanol–water partition coefficient (Wildman–Crippen LogP) is 14.3. The molecule has 244 valence electrons. The average Bonchev–Trinajstić information content (AvgIpc) is 3.70. The Bertz CT molecular complexity index is 1740. The first-order chi connectivity index (χ1) is 22.7. The first kappa shape index (κ1) is 39.2. The van der Waals surface area contributed by atoms with E-state index < -0.39 is 20.8 Å². The number of halogens is 2. The van der Waals surface area contributed by atoms with Crippen LogP contribution in [-0.4, -0.2) is 9.52 Å². The molecule has 6 rings (SSSR count). The minimum atomic E-state index is -0.826. The standard InChI is InChI=1S/C22H25.C19H19.C2H6Si.2ClH.Zr/c1-3-4-5-6-8-18-11-13-19(14-12-18)21-10-7-9-20-15-17(2)16-22(20)21;1-19(2,3)16-12-10-15(11-13-16)18-9-5-7-14-6-4-8-17(14)18;1-3-2;;;/h7,9-16H,3-6,8H2,1-2H3;4-13H,1-3H3;1-2H3;2*1H;/q2*-1;;;;+4/p-2. The first-order valence-electron chi connectivity index (χ1n) is 16.7. The molecule has 0 heterocycles. The number of hydrogen-bond acceptors (Lipinski definition) is 0. The van der Waals surface area contributed by atoms with Gasteiger partial charge in [-0.2, -0.15) is 18.2 Å². The van der Waals surface area contributed by atoms with E-state index in [1.807, 2.05) is 0 Å². The van der Waals surface area contributed by atoms with Crippen LogP contribution in [0.4, 0.5) is 0 Å². The summed E-state index contributed by atoms with van der Waals surface area (Å²) >= 11 is -0.826. The molecule has 47 heavy (non-hydrogen) atoms. The second-order valence-electron chi connectivity index (χ2n) is 13.1. The van der Waals surface area contributed by atoms with Gasteiger partial charge in [0.15, 0.2) is 0 Å². The molecular formula is C43H50Cl2SiZr. The van der Waals surface area contributed by atoms with E-state index in [1.165, 1.54) is 92.6 Å². The summed E-state index contributed by atoms with van der Waals surface area (Å²) in [5.41, 5.74) is 9.70. The van der Waals surface area contributed by atoms with Crippen molar-refractivity contribution in [3.63, 3.8) is 0 Å². The van der Waals surface area contributed by atoms with Crippen molar-refractivity contribution in [2.75, 3.05) is 0 Å². The van der Waals surface area contributed by atoms with Crippen LogP contribution in [-0.2, 0) is 32.7 Å². The molecule has 0 aliphatic heterocycles. The molecule has 6 aromatic carbocycles. The number of unbranched alkanes of at least 4 members (excludes halogenated alkanes) is 3. The molecule has 0 spiro atoms. The van der Waals surface area contributed by atoms with E-state index in [2.05, 4.69) is 163 Å². The molecule has 4 heteroatoms. The summed E-state index contributed by atoms with van der Waals surface area (Å²) in [6.07, 6.45) is 6.54. The maximum absolute atomic E-state index is 4.93. The average molecular weight is 757 g/mol. The molecule has 6 aromatic rings. The predicted molar refractivity (Wildman–Crippen MR) is 210 cm³/mol. The summed E-state index contributed by atoms with van der Waals surface area (Å²) in [7, 11) is 11.0. The minimum absolute atomic E-state index is 0.213. The van der Waals surface area contributed by atoms with Crippen LogP contribution in [0.3, 0.4) is 0 Å². The Balaban J connectivity index is 0.000000221. The molecule has 0 N–H and O–H groups in total. The van der Waals surface area contributed by atoms with Crippen molar-refractivity contribution in [3.05, 3.63) is 132 Å². The van der Waals surface area contributed by atoms with Crippen molar-refractivity contribution in [1.29, 1.82) is 0 Å². The molecule has 0 fully saturated rings. The SMILES string of the molecule is CC(C)(C)c1ccc(-c2cccc3[cH-]ccc23)cc1.CCCCCCc1ccc(-c2cccc3[cH-]c(C)cc23)cc1.C[Si]C.[Cl][Zr+2][Cl].